The summed E-state index contributed by atoms with van der Waals surface area (Å²) in [4.78, 5) is 12.1. The van der Waals surface area contributed by atoms with Gasteiger partial charge in [-0.05, 0) is 44.7 Å². The van der Waals surface area contributed by atoms with E-state index in [0.29, 0.717) is 12.3 Å². The molecule has 0 radical (unpaired) electrons. The van der Waals surface area contributed by atoms with Crippen LogP contribution in [0.2, 0.25) is 0 Å². The van der Waals surface area contributed by atoms with Crippen LogP contribution in [0.3, 0.4) is 0 Å². The fraction of sp³-hybridized carbons (Fsp3) is 0.733. The van der Waals surface area contributed by atoms with E-state index in [1.54, 1.807) is 0 Å². The number of nitrogens with one attached hydrogen (secondary N) is 2. The number of amides is 1. The van der Waals surface area contributed by atoms with E-state index in [-0.39, 0.29) is 11.9 Å². The van der Waals surface area contributed by atoms with Gasteiger partial charge in [0.1, 0.15) is 0 Å². The van der Waals surface area contributed by atoms with Gasteiger partial charge in [0, 0.05) is 31.7 Å². The van der Waals surface area contributed by atoms with Crippen LogP contribution in [0.15, 0.2) is 0 Å². The zero-order valence-corrected chi connectivity index (χ0v) is 13.0. The van der Waals surface area contributed by atoms with E-state index in [2.05, 4.69) is 29.6 Å². The fourth-order valence-electron chi connectivity index (χ4n) is 2.88. The number of hydrogen-bond acceptors (Lipinski definition) is 3. The summed E-state index contributed by atoms with van der Waals surface area (Å²) >= 11 is 0. The minimum atomic E-state index is 0.146. The Kier molecular flexibility index (Phi) is 4.81. The first-order valence-corrected chi connectivity index (χ1v) is 7.48. The molecule has 5 nitrogen and oxygen atoms in total. The molecule has 1 aromatic heterocycles. The highest BCUT2D eigenvalue weighted by molar-refractivity contribution is 5.76. The highest BCUT2D eigenvalue weighted by atomic mass is 16.1. The van der Waals surface area contributed by atoms with Crippen molar-refractivity contribution in [2.24, 2.45) is 13.0 Å². The van der Waals surface area contributed by atoms with Crippen LogP contribution < -0.4 is 10.6 Å². The van der Waals surface area contributed by atoms with Gasteiger partial charge in [-0.1, -0.05) is 6.92 Å². The Hall–Kier alpha value is -1.36. The van der Waals surface area contributed by atoms with Gasteiger partial charge in [0.2, 0.25) is 5.91 Å². The minimum absolute atomic E-state index is 0.146. The van der Waals surface area contributed by atoms with Crippen LogP contribution in [0.4, 0.5) is 0 Å². The predicted octanol–water partition coefficient (Wildman–Crippen LogP) is 1.08. The number of nitrogens with zero attached hydrogens (tertiary/aromatic N) is 2. The zero-order chi connectivity index (χ0) is 14.7. The standard InChI is InChI=1S/C15H26N4O/c1-10-7-8-16-9-14(10)17-15(20)6-5-13-11(2)18-19(4)12(13)3/h10,14,16H,5-9H2,1-4H3,(H,17,20). The van der Waals surface area contributed by atoms with Crippen LogP contribution in [0.1, 0.15) is 36.7 Å². The van der Waals surface area contributed by atoms with E-state index in [9.17, 15) is 4.79 Å². The van der Waals surface area contributed by atoms with Gasteiger partial charge in [-0.15, -0.1) is 0 Å². The summed E-state index contributed by atoms with van der Waals surface area (Å²) in [5, 5.41) is 10.9. The van der Waals surface area contributed by atoms with Gasteiger partial charge in [0.15, 0.2) is 0 Å². The first-order chi connectivity index (χ1) is 9.49. The van der Waals surface area contributed by atoms with Gasteiger partial charge in [0.25, 0.3) is 0 Å². The molecular formula is C15H26N4O. The molecule has 20 heavy (non-hydrogen) atoms. The summed E-state index contributed by atoms with van der Waals surface area (Å²) in [6, 6.07) is 0.271. The fourth-order valence-corrected chi connectivity index (χ4v) is 2.88. The Morgan fingerprint density at radius 3 is 2.85 bits per heavy atom. The second kappa shape index (κ2) is 6.39. The molecule has 1 aliphatic heterocycles. The first-order valence-electron chi connectivity index (χ1n) is 7.48. The Morgan fingerprint density at radius 1 is 1.50 bits per heavy atom. The number of rotatable bonds is 4. The molecule has 1 aromatic rings. The smallest absolute Gasteiger partial charge is 0.220 e. The SMILES string of the molecule is Cc1nn(C)c(C)c1CCC(=O)NC1CNCCC1C. The van der Waals surface area contributed by atoms with E-state index in [0.717, 1.165) is 37.3 Å². The summed E-state index contributed by atoms with van der Waals surface area (Å²) in [5.41, 5.74) is 3.39. The highest BCUT2D eigenvalue weighted by Gasteiger charge is 2.22. The molecule has 5 heteroatoms. The average molecular weight is 278 g/mol. The van der Waals surface area contributed by atoms with Gasteiger partial charge in [-0.25, -0.2) is 0 Å². The molecule has 0 aliphatic carbocycles. The quantitative estimate of drug-likeness (QED) is 0.866. The molecule has 2 heterocycles. The maximum absolute atomic E-state index is 12.1. The number of carbonyl (C=O) groups excluding carboxylic acids is 1. The molecular weight excluding hydrogens is 252 g/mol. The van der Waals surface area contributed by atoms with Crippen molar-refractivity contribution in [1.29, 1.82) is 0 Å². The molecule has 0 saturated carbocycles. The summed E-state index contributed by atoms with van der Waals surface area (Å²) in [6.45, 7) is 8.22. The summed E-state index contributed by atoms with van der Waals surface area (Å²) < 4.78 is 1.88. The molecule has 1 fully saturated rings. The van der Waals surface area contributed by atoms with Crippen molar-refractivity contribution in [2.45, 2.75) is 46.1 Å². The first kappa shape index (κ1) is 15.0. The lowest BCUT2D eigenvalue weighted by molar-refractivity contribution is -0.122. The third kappa shape index (κ3) is 3.39. The van der Waals surface area contributed by atoms with Crippen molar-refractivity contribution in [2.75, 3.05) is 13.1 Å². The van der Waals surface area contributed by atoms with Crippen LogP contribution in [0, 0.1) is 19.8 Å². The molecule has 0 spiro atoms. The van der Waals surface area contributed by atoms with Crippen molar-refractivity contribution in [1.82, 2.24) is 20.4 Å². The topological polar surface area (TPSA) is 59.0 Å². The third-order valence-electron chi connectivity index (χ3n) is 4.43. The monoisotopic (exact) mass is 278 g/mol. The summed E-state index contributed by atoms with van der Waals surface area (Å²) in [7, 11) is 1.95. The van der Waals surface area contributed by atoms with Crippen molar-refractivity contribution in [3.63, 3.8) is 0 Å². The van der Waals surface area contributed by atoms with E-state index in [1.807, 2.05) is 18.7 Å². The normalized spacial score (nSPS) is 22.8. The molecule has 1 saturated heterocycles. The summed E-state index contributed by atoms with van der Waals surface area (Å²) in [5.74, 6) is 0.704. The minimum Gasteiger partial charge on any atom is -0.352 e. The Bertz CT molecular complexity index is 480. The predicted molar refractivity (Wildman–Crippen MR) is 79.6 cm³/mol. The Morgan fingerprint density at radius 2 is 2.25 bits per heavy atom. The van der Waals surface area contributed by atoms with Gasteiger partial charge in [-0.3, -0.25) is 9.48 Å². The van der Waals surface area contributed by atoms with E-state index in [1.165, 1.54) is 5.56 Å². The number of aryl methyl sites for hydroxylation is 2. The average Bonchev–Trinajstić information content (AvgIpc) is 2.64. The van der Waals surface area contributed by atoms with Crippen LogP contribution in [0.5, 0.6) is 0 Å². The van der Waals surface area contributed by atoms with E-state index in [4.69, 9.17) is 0 Å². The molecule has 0 bridgehead atoms. The Labute approximate surface area is 121 Å². The molecule has 2 N–H and O–H groups in total. The van der Waals surface area contributed by atoms with E-state index >= 15 is 0 Å². The van der Waals surface area contributed by atoms with Gasteiger partial charge < -0.3 is 10.6 Å². The third-order valence-corrected chi connectivity index (χ3v) is 4.43. The van der Waals surface area contributed by atoms with Crippen LogP contribution in [-0.2, 0) is 18.3 Å². The largest absolute Gasteiger partial charge is 0.352 e. The summed E-state index contributed by atoms with van der Waals surface area (Å²) in [6.07, 6.45) is 2.44. The van der Waals surface area contributed by atoms with Gasteiger partial charge in [0.05, 0.1) is 5.69 Å². The van der Waals surface area contributed by atoms with Crippen molar-refractivity contribution >= 4 is 5.91 Å². The zero-order valence-electron chi connectivity index (χ0n) is 13.0. The van der Waals surface area contributed by atoms with Crippen molar-refractivity contribution in [3.05, 3.63) is 17.0 Å². The van der Waals surface area contributed by atoms with Crippen molar-refractivity contribution in [3.8, 4) is 0 Å². The van der Waals surface area contributed by atoms with Crippen molar-refractivity contribution < 1.29 is 4.79 Å². The maximum Gasteiger partial charge on any atom is 0.220 e. The number of aromatic nitrogens is 2. The lowest BCUT2D eigenvalue weighted by atomic mass is 9.94. The van der Waals surface area contributed by atoms with Crippen LogP contribution in [0.25, 0.3) is 0 Å². The molecule has 1 amide bonds. The molecule has 112 valence electrons. The van der Waals surface area contributed by atoms with Crippen LogP contribution in [-0.4, -0.2) is 34.8 Å². The molecule has 2 atom stereocenters. The molecule has 0 aromatic carbocycles. The lowest BCUT2D eigenvalue weighted by Crippen LogP contribution is -2.50. The maximum atomic E-state index is 12.1. The molecule has 2 unspecified atom stereocenters. The molecule has 1 aliphatic rings. The van der Waals surface area contributed by atoms with Gasteiger partial charge in [-0.2, -0.15) is 5.10 Å². The van der Waals surface area contributed by atoms with Crippen LogP contribution >= 0.6 is 0 Å². The number of piperidine rings is 1. The van der Waals surface area contributed by atoms with E-state index < -0.39 is 0 Å². The second-order valence-electron chi connectivity index (χ2n) is 5.92. The lowest BCUT2D eigenvalue weighted by Gasteiger charge is -2.30. The van der Waals surface area contributed by atoms with Gasteiger partial charge >= 0.3 is 0 Å². The highest BCUT2D eigenvalue weighted by Crippen LogP contribution is 2.15. The number of hydrogen-bond donors (Lipinski definition) is 2. The Balaban J connectivity index is 1.86. The number of carbonyl (C=O) groups is 1. The second-order valence-corrected chi connectivity index (χ2v) is 5.92. The molecule has 2 rings (SSSR count).